The summed E-state index contributed by atoms with van der Waals surface area (Å²) in [6.07, 6.45) is 4.10. The number of hydrogen-bond donors (Lipinski definition) is 3. The lowest BCUT2D eigenvalue weighted by Gasteiger charge is -2.13. The molecular formula is C23H26N8O3. The maximum atomic E-state index is 10.1. The van der Waals surface area contributed by atoms with Crippen molar-refractivity contribution in [2.75, 3.05) is 12.3 Å². The first kappa shape index (κ1) is 23.2. The summed E-state index contributed by atoms with van der Waals surface area (Å²) in [7, 11) is 0. The van der Waals surface area contributed by atoms with Crippen LogP contribution < -0.4 is 16.2 Å². The molecule has 1 atom stereocenters. The molecule has 11 nitrogen and oxygen atoms in total. The van der Waals surface area contributed by atoms with E-state index >= 15 is 0 Å². The lowest BCUT2D eigenvalue weighted by Crippen LogP contribution is -2.30. The van der Waals surface area contributed by atoms with E-state index in [0.29, 0.717) is 47.1 Å². The van der Waals surface area contributed by atoms with Crippen LogP contribution >= 0.6 is 0 Å². The van der Waals surface area contributed by atoms with Gasteiger partial charge in [0.2, 0.25) is 5.88 Å². The fraction of sp³-hybridized carbons (Fsp3) is 0.348. The molecular weight excluding hydrogens is 436 g/mol. The third kappa shape index (κ3) is 5.14. The molecule has 0 aromatic carbocycles. The van der Waals surface area contributed by atoms with Crippen LogP contribution in [0.5, 0.6) is 5.88 Å². The lowest BCUT2D eigenvalue weighted by atomic mass is 10.1. The molecule has 0 saturated carbocycles. The molecule has 5 N–H and O–H groups in total. The zero-order valence-electron chi connectivity index (χ0n) is 19.2. The molecule has 0 aliphatic carbocycles. The van der Waals surface area contributed by atoms with Gasteiger partial charge in [0.25, 0.3) is 0 Å². The van der Waals surface area contributed by atoms with Crippen molar-refractivity contribution in [1.82, 2.24) is 29.8 Å². The largest absolute Gasteiger partial charge is 0.476 e. The zero-order valence-corrected chi connectivity index (χ0v) is 19.2. The number of nitrogen functional groups attached to an aromatic ring is 1. The maximum absolute atomic E-state index is 10.1. The van der Waals surface area contributed by atoms with Gasteiger partial charge in [-0.05, 0) is 55.1 Å². The molecule has 4 rings (SSSR count). The minimum absolute atomic E-state index is 0.125. The van der Waals surface area contributed by atoms with E-state index in [-0.39, 0.29) is 18.5 Å². The van der Waals surface area contributed by atoms with Gasteiger partial charge >= 0.3 is 0 Å². The summed E-state index contributed by atoms with van der Waals surface area (Å²) in [6.45, 7) is 5.93. The van der Waals surface area contributed by atoms with Crippen LogP contribution in [0.4, 0.5) is 5.82 Å². The second-order valence-corrected chi connectivity index (χ2v) is 8.30. The Hall–Kier alpha value is -4.01. The molecule has 176 valence electrons. The first-order valence-corrected chi connectivity index (χ1v) is 10.8. The van der Waals surface area contributed by atoms with Crippen molar-refractivity contribution in [3.05, 3.63) is 41.9 Å². The van der Waals surface area contributed by atoms with E-state index in [1.807, 2.05) is 23.6 Å². The SMILES string of the molecule is CCn1c(-c2nonc2N)nc2c(C#CC(C)(C)O)nc(OC[C@H](N)Cc3cccnc3)cc21. The third-order valence-corrected chi connectivity index (χ3v) is 4.91. The molecule has 0 fully saturated rings. The van der Waals surface area contributed by atoms with Gasteiger partial charge in [-0.1, -0.05) is 12.0 Å². The Labute approximate surface area is 196 Å². The number of aliphatic hydroxyl groups is 1. The molecule has 0 aliphatic heterocycles. The normalized spacial score (nSPS) is 12.4. The average Bonchev–Trinajstić information content (AvgIpc) is 3.38. The fourth-order valence-electron chi connectivity index (χ4n) is 3.40. The Bertz CT molecular complexity index is 1350. The van der Waals surface area contributed by atoms with Crippen LogP contribution in [-0.4, -0.2) is 53.2 Å². The molecule has 0 aliphatic rings. The molecule has 11 heteroatoms. The Morgan fingerprint density at radius 1 is 1.29 bits per heavy atom. The van der Waals surface area contributed by atoms with Crippen molar-refractivity contribution in [2.24, 2.45) is 5.73 Å². The predicted molar refractivity (Wildman–Crippen MR) is 125 cm³/mol. The van der Waals surface area contributed by atoms with Crippen LogP contribution in [0, 0.1) is 11.8 Å². The highest BCUT2D eigenvalue weighted by atomic mass is 16.6. The Balaban J connectivity index is 1.72. The van der Waals surface area contributed by atoms with E-state index < -0.39 is 5.60 Å². The van der Waals surface area contributed by atoms with Crippen LogP contribution in [0.2, 0.25) is 0 Å². The smallest absolute Gasteiger partial charge is 0.216 e. The second kappa shape index (κ2) is 9.46. The van der Waals surface area contributed by atoms with Crippen molar-refractivity contribution >= 4 is 16.9 Å². The van der Waals surface area contributed by atoms with E-state index in [1.54, 1.807) is 32.3 Å². The number of anilines is 1. The van der Waals surface area contributed by atoms with E-state index in [4.69, 9.17) is 20.8 Å². The van der Waals surface area contributed by atoms with Gasteiger partial charge < -0.3 is 25.9 Å². The van der Waals surface area contributed by atoms with Crippen molar-refractivity contribution in [2.45, 2.75) is 45.4 Å². The number of nitrogens with two attached hydrogens (primary N) is 2. The maximum Gasteiger partial charge on any atom is 0.216 e. The van der Waals surface area contributed by atoms with Crippen LogP contribution in [0.3, 0.4) is 0 Å². The molecule has 4 aromatic heterocycles. The summed E-state index contributed by atoms with van der Waals surface area (Å²) in [4.78, 5) is 13.3. The van der Waals surface area contributed by atoms with Crippen LogP contribution in [0.25, 0.3) is 22.6 Å². The second-order valence-electron chi connectivity index (χ2n) is 8.30. The molecule has 0 unspecified atom stereocenters. The highest BCUT2D eigenvalue weighted by molar-refractivity contribution is 5.86. The molecule has 0 amide bonds. The van der Waals surface area contributed by atoms with Gasteiger partial charge in [0.05, 0.1) is 5.52 Å². The van der Waals surface area contributed by atoms with Gasteiger partial charge in [-0.3, -0.25) is 4.98 Å². The molecule has 4 aromatic rings. The van der Waals surface area contributed by atoms with Crippen molar-refractivity contribution in [3.63, 3.8) is 0 Å². The monoisotopic (exact) mass is 462 g/mol. The van der Waals surface area contributed by atoms with E-state index in [1.165, 1.54) is 0 Å². The number of aromatic nitrogens is 6. The lowest BCUT2D eigenvalue weighted by molar-refractivity contribution is 0.143. The molecule has 4 heterocycles. The van der Waals surface area contributed by atoms with E-state index in [0.717, 1.165) is 5.56 Å². The summed E-state index contributed by atoms with van der Waals surface area (Å²) in [6, 6.07) is 5.34. The Morgan fingerprint density at radius 3 is 2.76 bits per heavy atom. The number of pyridine rings is 2. The van der Waals surface area contributed by atoms with Crippen LogP contribution in [-0.2, 0) is 13.0 Å². The minimum atomic E-state index is -1.21. The Morgan fingerprint density at radius 2 is 2.12 bits per heavy atom. The van der Waals surface area contributed by atoms with Crippen molar-refractivity contribution in [1.29, 1.82) is 0 Å². The predicted octanol–water partition coefficient (Wildman–Crippen LogP) is 1.55. The number of ether oxygens (including phenoxy) is 1. The van der Waals surface area contributed by atoms with E-state index in [2.05, 4.69) is 37.1 Å². The van der Waals surface area contributed by atoms with Crippen LogP contribution in [0.1, 0.15) is 32.0 Å². The summed E-state index contributed by atoms with van der Waals surface area (Å²) >= 11 is 0. The summed E-state index contributed by atoms with van der Waals surface area (Å²) in [5.74, 6) is 6.63. The van der Waals surface area contributed by atoms with Gasteiger partial charge in [-0.2, -0.15) is 0 Å². The number of hydrogen-bond acceptors (Lipinski definition) is 10. The molecule has 34 heavy (non-hydrogen) atoms. The third-order valence-electron chi connectivity index (χ3n) is 4.91. The number of imidazole rings is 1. The van der Waals surface area contributed by atoms with Gasteiger partial charge in [0, 0.05) is 31.0 Å². The van der Waals surface area contributed by atoms with Gasteiger partial charge in [0.1, 0.15) is 23.4 Å². The van der Waals surface area contributed by atoms with Gasteiger partial charge in [0.15, 0.2) is 17.3 Å². The average molecular weight is 463 g/mol. The van der Waals surface area contributed by atoms with Gasteiger partial charge in [-0.25, -0.2) is 14.6 Å². The van der Waals surface area contributed by atoms with Crippen molar-refractivity contribution in [3.8, 4) is 29.2 Å². The molecule has 0 bridgehead atoms. The topological polar surface area (TPSA) is 164 Å². The summed E-state index contributed by atoms with van der Waals surface area (Å²) in [5, 5.41) is 17.6. The van der Waals surface area contributed by atoms with Crippen molar-refractivity contribution < 1.29 is 14.5 Å². The zero-order chi connectivity index (χ0) is 24.3. The standard InChI is InChI=1S/C23H26N8O3/c1-4-31-17-11-18(33-13-15(24)10-14-6-5-9-26-12-14)27-16(7-8-23(2,3)32)19(17)28-22(31)20-21(25)30-34-29-20/h5-6,9,11-12,15,32H,4,10,13,24H2,1-3H3,(H2,25,30)/t15-/m1/s1. The number of fused-ring (bicyclic) bond motifs is 1. The highest BCUT2D eigenvalue weighted by Crippen LogP contribution is 2.29. The number of nitrogens with zero attached hydrogens (tertiary/aromatic N) is 6. The first-order valence-electron chi connectivity index (χ1n) is 10.8. The number of aryl methyl sites for hydroxylation is 1. The molecule has 0 radical (unpaired) electrons. The summed E-state index contributed by atoms with van der Waals surface area (Å²) < 4.78 is 12.6. The highest BCUT2D eigenvalue weighted by Gasteiger charge is 2.22. The quantitative estimate of drug-likeness (QED) is 0.343. The number of rotatable bonds is 7. The molecule has 0 spiro atoms. The summed E-state index contributed by atoms with van der Waals surface area (Å²) in [5.41, 5.74) is 13.9. The van der Waals surface area contributed by atoms with E-state index in [9.17, 15) is 5.11 Å². The Kier molecular flexibility index (Phi) is 6.45. The first-order chi connectivity index (χ1) is 16.2. The van der Waals surface area contributed by atoms with Gasteiger partial charge in [-0.15, -0.1) is 0 Å². The minimum Gasteiger partial charge on any atom is -0.476 e. The van der Waals surface area contributed by atoms with Crippen LogP contribution in [0.15, 0.2) is 35.2 Å². The molecule has 0 saturated heterocycles. The fourth-order valence-corrected chi connectivity index (χ4v) is 3.40.